The summed E-state index contributed by atoms with van der Waals surface area (Å²) in [7, 11) is 0. The Morgan fingerprint density at radius 3 is 2.64 bits per heavy atom. The van der Waals surface area contributed by atoms with Gasteiger partial charge < -0.3 is 29.8 Å². The van der Waals surface area contributed by atoms with Gasteiger partial charge in [-0.05, 0) is 50.8 Å². The molecule has 0 aliphatic carbocycles. The van der Waals surface area contributed by atoms with Gasteiger partial charge >= 0.3 is 5.97 Å². The van der Waals surface area contributed by atoms with Crippen LogP contribution in [0.4, 0.5) is 5.82 Å². The SMILES string of the molecule is C/C=C(/C)C(=O)O[C@@H]1Cc2c(c(Cc3ccccc3)c3oc(CO)cc(=O)c3c2O)O[C@@]1(C)CCc1ccc(N)nc1. The third kappa shape index (κ3) is 5.60. The average molecular weight is 571 g/mol. The summed E-state index contributed by atoms with van der Waals surface area (Å²) in [6.07, 6.45) is 4.01. The highest BCUT2D eigenvalue weighted by Gasteiger charge is 2.46. The van der Waals surface area contributed by atoms with Crippen LogP contribution in [0.5, 0.6) is 11.5 Å². The molecule has 2 atom stereocenters. The van der Waals surface area contributed by atoms with Gasteiger partial charge in [0.2, 0.25) is 0 Å². The van der Waals surface area contributed by atoms with E-state index in [4.69, 9.17) is 19.6 Å². The van der Waals surface area contributed by atoms with Crippen LogP contribution in [-0.2, 0) is 35.4 Å². The van der Waals surface area contributed by atoms with Crippen LogP contribution in [0.15, 0.2) is 75.6 Å². The zero-order chi connectivity index (χ0) is 30.0. The molecule has 0 bridgehead atoms. The fraction of sp³-hybridized carbons (Fsp3) is 0.303. The van der Waals surface area contributed by atoms with Gasteiger partial charge in [0.25, 0.3) is 0 Å². The minimum atomic E-state index is -1.03. The van der Waals surface area contributed by atoms with Gasteiger partial charge in [-0.15, -0.1) is 0 Å². The average Bonchev–Trinajstić information content (AvgIpc) is 2.99. The van der Waals surface area contributed by atoms with Crippen molar-refractivity contribution in [1.29, 1.82) is 0 Å². The lowest BCUT2D eigenvalue weighted by molar-refractivity contribution is -0.158. The number of aromatic hydroxyl groups is 1. The number of pyridine rings is 1. The quantitative estimate of drug-likeness (QED) is 0.202. The van der Waals surface area contributed by atoms with Crippen LogP contribution in [0, 0.1) is 0 Å². The van der Waals surface area contributed by atoms with E-state index in [0.29, 0.717) is 47.5 Å². The molecule has 2 aromatic carbocycles. The number of phenols is 1. The molecule has 4 N–H and O–H groups in total. The molecular formula is C33H34N2O7. The summed E-state index contributed by atoms with van der Waals surface area (Å²) < 4.78 is 18.8. The molecule has 0 spiro atoms. The van der Waals surface area contributed by atoms with E-state index in [9.17, 15) is 19.8 Å². The minimum absolute atomic E-state index is 0.00764. The number of esters is 1. The number of allylic oxidation sites excluding steroid dienone is 1. The molecule has 5 rings (SSSR count). The minimum Gasteiger partial charge on any atom is -0.507 e. The Hall–Kier alpha value is -4.63. The Balaban J connectivity index is 1.68. The molecule has 0 saturated carbocycles. The van der Waals surface area contributed by atoms with Gasteiger partial charge in [0.05, 0.1) is 0 Å². The maximum Gasteiger partial charge on any atom is 0.333 e. The molecule has 0 saturated heterocycles. The van der Waals surface area contributed by atoms with Crippen LogP contribution >= 0.6 is 0 Å². The summed E-state index contributed by atoms with van der Waals surface area (Å²) in [6, 6.07) is 14.4. The van der Waals surface area contributed by atoms with Crippen molar-refractivity contribution < 1.29 is 28.9 Å². The van der Waals surface area contributed by atoms with E-state index in [0.717, 1.165) is 11.1 Å². The first kappa shape index (κ1) is 28.9. The third-order valence-electron chi connectivity index (χ3n) is 7.89. The lowest BCUT2D eigenvalue weighted by Crippen LogP contribution is -2.51. The second-order valence-electron chi connectivity index (χ2n) is 10.8. The number of aromatic nitrogens is 1. The van der Waals surface area contributed by atoms with E-state index < -0.39 is 29.7 Å². The van der Waals surface area contributed by atoms with Crippen molar-refractivity contribution in [1.82, 2.24) is 4.98 Å². The first-order valence-corrected chi connectivity index (χ1v) is 13.8. The van der Waals surface area contributed by atoms with Crippen LogP contribution in [-0.4, -0.2) is 32.9 Å². The molecule has 0 unspecified atom stereocenters. The Morgan fingerprint density at radius 1 is 1.21 bits per heavy atom. The number of nitrogens with two attached hydrogens (primary N) is 1. The van der Waals surface area contributed by atoms with E-state index in [1.807, 2.05) is 43.3 Å². The van der Waals surface area contributed by atoms with E-state index in [1.54, 1.807) is 32.2 Å². The summed E-state index contributed by atoms with van der Waals surface area (Å²) in [6.45, 7) is 4.82. The number of phenolic OH excluding ortho intramolecular Hbond substituents is 1. The number of carbonyl (C=O) groups excluding carboxylic acids is 1. The van der Waals surface area contributed by atoms with E-state index in [1.165, 1.54) is 6.07 Å². The largest absolute Gasteiger partial charge is 0.507 e. The molecule has 218 valence electrons. The van der Waals surface area contributed by atoms with Crippen molar-refractivity contribution in [2.24, 2.45) is 0 Å². The number of anilines is 1. The summed E-state index contributed by atoms with van der Waals surface area (Å²) in [5, 5.41) is 21.2. The number of hydrogen-bond donors (Lipinski definition) is 3. The van der Waals surface area contributed by atoms with Crippen LogP contribution < -0.4 is 15.9 Å². The van der Waals surface area contributed by atoms with Crippen LogP contribution in [0.1, 0.15) is 55.2 Å². The fourth-order valence-electron chi connectivity index (χ4n) is 5.27. The number of aryl methyl sites for hydroxylation is 1. The first-order valence-electron chi connectivity index (χ1n) is 13.8. The van der Waals surface area contributed by atoms with Gasteiger partial charge in [0.15, 0.2) is 5.43 Å². The number of aliphatic hydroxyl groups is 1. The zero-order valence-electron chi connectivity index (χ0n) is 23.8. The third-order valence-corrected chi connectivity index (χ3v) is 7.89. The van der Waals surface area contributed by atoms with Crippen molar-refractivity contribution in [2.75, 3.05) is 5.73 Å². The molecule has 9 nitrogen and oxygen atoms in total. The Kier molecular flexibility index (Phi) is 8.04. The van der Waals surface area contributed by atoms with Gasteiger partial charge in [0, 0.05) is 41.8 Å². The molecule has 3 heterocycles. The first-order chi connectivity index (χ1) is 20.1. The van der Waals surface area contributed by atoms with E-state index >= 15 is 0 Å². The molecule has 2 aromatic heterocycles. The van der Waals surface area contributed by atoms with Gasteiger partial charge in [-0.3, -0.25) is 4.79 Å². The molecule has 42 heavy (non-hydrogen) atoms. The number of rotatable bonds is 8. The molecule has 0 amide bonds. The van der Waals surface area contributed by atoms with Crippen molar-refractivity contribution in [2.45, 2.75) is 64.8 Å². The van der Waals surface area contributed by atoms with Gasteiger partial charge in [-0.2, -0.15) is 0 Å². The van der Waals surface area contributed by atoms with Crippen molar-refractivity contribution in [3.8, 4) is 11.5 Å². The summed E-state index contributed by atoms with van der Waals surface area (Å²) in [5.74, 6) is 0.0767. The predicted octanol–water partition coefficient (Wildman–Crippen LogP) is 4.76. The number of fused-ring (bicyclic) bond motifs is 2. The molecule has 1 aliphatic heterocycles. The van der Waals surface area contributed by atoms with E-state index in [-0.39, 0.29) is 28.9 Å². The number of carbonyl (C=O) groups is 1. The summed E-state index contributed by atoms with van der Waals surface area (Å²) in [4.78, 5) is 30.3. The Bertz CT molecular complexity index is 1710. The maximum absolute atomic E-state index is 13.2. The van der Waals surface area contributed by atoms with Crippen LogP contribution in [0.3, 0.4) is 0 Å². The standard InChI is InChI=1S/C33H34N2O7/c1-4-19(2)32(39)41-26-16-23-29(38)28-25(37)15-22(18-36)40-31(28)24(14-20-8-6-5-7-9-20)30(23)42-33(26,3)13-12-21-10-11-27(34)35-17-21/h4-11,15,17,26,36,38H,12-14,16,18H2,1-3H3,(H2,34,35)/b19-4-/t26-,33+/m1/s1. The fourth-order valence-corrected chi connectivity index (χ4v) is 5.27. The lowest BCUT2D eigenvalue weighted by Gasteiger charge is -2.43. The normalized spacial score (nSPS) is 18.4. The van der Waals surface area contributed by atoms with Crippen LogP contribution in [0.25, 0.3) is 11.0 Å². The number of aliphatic hydroxyl groups excluding tert-OH is 1. The maximum atomic E-state index is 13.2. The summed E-state index contributed by atoms with van der Waals surface area (Å²) in [5.41, 5.74) is 7.62. The second-order valence-corrected chi connectivity index (χ2v) is 10.8. The number of nitrogen functional groups attached to an aromatic ring is 1. The van der Waals surface area contributed by atoms with Gasteiger partial charge in [0.1, 0.15) is 52.4 Å². The second kappa shape index (κ2) is 11.7. The van der Waals surface area contributed by atoms with E-state index in [2.05, 4.69) is 4.98 Å². The topological polar surface area (TPSA) is 145 Å². The molecule has 9 heteroatoms. The van der Waals surface area contributed by atoms with Crippen molar-refractivity contribution in [3.63, 3.8) is 0 Å². The number of benzene rings is 2. The highest BCUT2D eigenvalue weighted by molar-refractivity contribution is 5.91. The number of nitrogens with zero attached hydrogens (tertiary/aromatic N) is 1. The van der Waals surface area contributed by atoms with Crippen molar-refractivity contribution >= 4 is 22.8 Å². The molecular weight excluding hydrogens is 536 g/mol. The highest BCUT2D eigenvalue weighted by atomic mass is 16.6. The van der Waals surface area contributed by atoms with Gasteiger partial charge in [-0.1, -0.05) is 42.5 Å². The van der Waals surface area contributed by atoms with Crippen LogP contribution in [0.2, 0.25) is 0 Å². The van der Waals surface area contributed by atoms with Crippen molar-refractivity contribution in [3.05, 3.63) is 105 Å². The molecule has 4 aromatic rings. The number of ether oxygens (including phenoxy) is 2. The number of hydrogen-bond acceptors (Lipinski definition) is 9. The monoisotopic (exact) mass is 570 g/mol. The summed E-state index contributed by atoms with van der Waals surface area (Å²) >= 11 is 0. The highest BCUT2D eigenvalue weighted by Crippen LogP contribution is 2.48. The molecule has 0 radical (unpaired) electrons. The molecule has 1 aliphatic rings. The van der Waals surface area contributed by atoms with Gasteiger partial charge in [-0.25, -0.2) is 9.78 Å². The predicted molar refractivity (Wildman–Crippen MR) is 158 cm³/mol. The Morgan fingerprint density at radius 2 is 1.98 bits per heavy atom. The molecule has 0 fully saturated rings. The lowest BCUT2D eigenvalue weighted by atomic mass is 9.82. The Labute approximate surface area is 243 Å². The zero-order valence-corrected chi connectivity index (χ0v) is 23.8. The smallest absolute Gasteiger partial charge is 0.333 e.